The van der Waals surface area contributed by atoms with Gasteiger partial charge in [-0.1, -0.05) is 47.5 Å². The third-order valence-electron chi connectivity index (χ3n) is 4.21. The molecular formula is C22H23ClN2O2. The van der Waals surface area contributed by atoms with E-state index in [4.69, 9.17) is 21.1 Å². The SMILES string of the molecule is COc1cc(CNCc2cccnc2)c(Cl)cc1OCc1ccc(C)cc1. The van der Waals surface area contributed by atoms with E-state index in [-0.39, 0.29) is 0 Å². The Morgan fingerprint density at radius 1 is 1.00 bits per heavy atom. The average molecular weight is 383 g/mol. The number of aromatic nitrogens is 1. The van der Waals surface area contributed by atoms with E-state index >= 15 is 0 Å². The molecule has 27 heavy (non-hydrogen) atoms. The summed E-state index contributed by atoms with van der Waals surface area (Å²) in [5.74, 6) is 1.31. The minimum atomic E-state index is 0.464. The van der Waals surface area contributed by atoms with Gasteiger partial charge in [-0.2, -0.15) is 0 Å². The maximum atomic E-state index is 6.45. The molecule has 4 nitrogen and oxygen atoms in total. The lowest BCUT2D eigenvalue weighted by Gasteiger charge is -2.14. The highest BCUT2D eigenvalue weighted by atomic mass is 35.5. The number of nitrogens with zero attached hydrogens (tertiary/aromatic N) is 1. The summed E-state index contributed by atoms with van der Waals surface area (Å²) >= 11 is 6.45. The summed E-state index contributed by atoms with van der Waals surface area (Å²) in [6, 6.07) is 15.9. The van der Waals surface area contributed by atoms with Crippen LogP contribution in [-0.2, 0) is 19.7 Å². The molecule has 0 atom stereocenters. The van der Waals surface area contributed by atoms with Crippen molar-refractivity contribution >= 4 is 11.6 Å². The second kappa shape index (κ2) is 9.40. The predicted octanol–water partition coefficient (Wildman–Crippen LogP) is 4.92. The first-order chi connectivity index (χ1) is 13.2. The van der Waals surface area contributed by atoms with Gasteiger partial charge in [-0.15, -0.1) is 0 Å². The Balaban J connectivity index is 1.64. The van der Waals surface area contributed by atoms with Crippen LogP contribution in [0.15, 0.2) is 60.9 Å². The highest BCUT2D eigenvalue weighted by Gasteiger charge is 2.11. The van der Waals surface area contributed by atoms with E-state index in [1.165, 1.54) is 5.56 Å². The third kappa shape index (κ3) is 5.46. The van der Waals surface area contributed by atoms with E-state index in [9.17, 15) is 0 Å². The molecule has 0 amide bonds. The maximum Gasteiger partial charge on any atom is 0.163 e. The summed E-state index contributed by atoms with van der Waals surface area (Å²) < 4.78 is 11.4. The third-order valence-corrected chi connectivity index (χ3v) is 4.57. The second-order valence-electron chi connectivity index (χ2n) is 6.33. The van der Waals surface area contributed by atoms with Gasteiger partial charge in [0.15, 0.2) is 11.5 Å². The van der Waals surface area contributed by atoms with Crippen molar-refractivity contribution in [2.24, 2.45) is 0 Å². The number of aryl methyl sites for hydroxylation is 1. The summed E-state index contributed by atoms with van der Waals surface area (Å²) in [6.07, 6.45) is 3.61. The van der Waals surface area contributed by atoms with Crippen molar-refractivity contribution in [2.75, 3.05) is 7.11 Å². The number of hydrogen-bond acceptors (Lipinski definition) is 4. The van der Waals surface area contributed by atoms with Crippen molar-refractivity contribution in [3.8, 4) is 11.5 Å². The predicted molar refractivity (Wildman–Crippen MR) is 108 cm³/mol. The van der Waals surface area contributed by atoms with Crippen molar-refractivity contribution in [2.45, 2.75) is 26.6 Å². The first-order valence-electron chi connectivity index (χ1n) is 8.80. The van der Waals surface area contributed by atoms with Crippen molar-refractivity contribution in [1.82, 2.24) is 10.3 Å². The number of ether oxygens (including phenoxy) is 2. The van der Waals surface area contributed by atoms with Gasteiger partial charge in [0.1, 0.15) is 6.61 Å². The molecule has 140 valence electrons. The summed E-state index contributed by atoms with van der Waals surface area (Å²) in [5.41, 5.74) is 4.40. The molecule has 0 aliphatic carbocycles. The minimum absolute atomic E-state index is 0.464. The van der Waals surface area contributed by atoms with Crippen LogP contribution in [0.5, 0.6) is 11.5 Å². The molecule has 0 unspecified atom stereocenters. The van der Waals surface area contributed by atoms with E-state index < -0.39 is 0 Å². The first-order valence-corrected chi connectivity index (χ1v) is 9.18. The number of methoxy groups -OCH3 is 1. The van der Waals surface area contributed by atoms with Gasteiger partial charge in [-0.25, -0.2) is 0 Å². The highest BCUT2D eigenvalue weighted by molar-refractivity contribution is 6.31. The van der Waals surface area contributed by atoms with Crippen molar-refractivity contribution < 1.29 is 9.47 Å². The fourth-order valence-corrected chi connectivity index (χ4v) is 2.90. The van der Waals surface area contributed by atoms with Crippen LogP contribution in [0.1, 0.15) is 22.3 Å². The van der Waals surface area contributed by atoms with Crippen LogP contribution >= 0.6 is 11.6 Å². The Kier molecular flexibility index (Phi) is 6.69. The Morgan fingerprint density at radius 2 is 1.81 bits per heavy atom. The molecular weight excluding hydrogens is 360 g/mol. The van der Waals surface area contributed by atoms with Crippen LogP contribution in [0.2, 0.25) is 5.02 Å². The summed E-state index contributed by atoms with van der Waals surface area (Å²) in [7, 11) is 1.63. The topological polar surface area (TPSA) is 43.4 Å². The monoisotopic (exact) mass is 382 g/mol. The van der Waals surface area contributed by atoms with Crippen LogP contribution in [0, 0.1) is 6.92 Å². The van der Waals surface area contributed by atoms with Gasteiger partial charge in [-0.05, 0) is 35.7 Å². The van der Waals surface area contributed by atoms with Crippen molar-refractivity contribution in [3.63, 3.8) is 0 Å². The average Bonchev–Trinajstić information content (AvgIpc) is 2.69. The number of rotatable bonds is 8. The van der Waals surface area contributed by atoms with Gasteiger partial charge in [0.25, 0.3) is 0 Å². The van der Waals surface area contributed by atoms with Crippen LogP contribution in [0.4, 0.5) is 0 Å². The largest absolute Gasteiger partial charge is 0.493 e. The second-order valence-corrected chi connectivity index (χ2v) is 6.74. The highest BCUT2D eigenvalue weighted by Crippen LogP contribution is 2.34. The zero-order chi connectivity index (χ0) is 19.1. The number of halogens is 1. The van der Waals surface area contributed by atoms with E-state index in [0.29, 0.717) is 29.7 Å². The lowest BCUT2D eigenvalue weighted by Crippen LogP contribution is -2.13. The van der Waals surface area contributed by atoms with Gasteiger partial charge in [0.05, 0.1) is 7.11 Å². The molecule has 1 aromatic heterocycles. The van der Waals surface area contributed by atoms with Gasteiger partial charge < -0.3 is 14.8 Å². The summed E-state index contributed by atoms with van der Waals surface area (Å²) in [4.78, 5) is 4.11. The van der Waals surface area contributed by atoms with Gasteiger partial charge in [0.2, 0.25) is 0 Å². The zero-order valence-electron chi connectivity index (χ0n) is 15.5. The summed E-state index contributed by atoms with van der Waals surface area (Å²) in [6.45, 7) is 3.88. The van der Waals surface area contributed by atoms with Crippen LogP contribution in [-0.4, -0.2) is 12.1 Å². The molecule has 5 heteroatoms. The zero-order valence-corrected chi connectivity index (χ0v) is 16.3. The maximum absolute atomic E-state index is 6.45. The summed E-state index contributed by atoms with van der Waals surface area (Å²) in [5, 5.41) is 4.02. The lowest BCUT2D eigenvalue weighted by molar-refractivity contribution is 0.284. The molecule has 0 aliphatic rings. The number of benzene rings is 2. The molecule has 0 aliphatic heterocycles. The fourth-order valence-electron chi connectivity index (χ4n) is 2.67. The molecule has 0 bridgehead atoms. The molecule has 1 N–H and O–H groups in total. The first kappa shape index (κ1) is 19.2. The van der Waals surface area contributed by atoms with Gasteiger partial charge >= 0.3 is 0 Å². The smallest absolute Gasteiger partial charge is 0.163 e. The molecule has 1 heterocycles. The molecule has 0 spiro atoms. The van der Waals surface area contributed by atoms with Crippen LogP contribution in [0.3, 0.4) is 0 Å². The fraction of sp³-hybridized carbons (Fsp3) is 0.227. The Bertz CT molecular complexity index is 867. The van der Waals surface area contributed by atoms with Gasteiger partial charge in [-0.3, -0.25) is 4.98 Å². The van der Waals surface area contributed by atoms with Crippen molar-refractivity contribution in [3.05, 3.63) is 88.2 Å². The normalized spacial score (nSPS) is 10.6. The number of hydrogen-bond donors (Lipinski definition) is 1. The molecule has 0 fully saturated rings. The molecule has 3 rings (SSSR count). The van der Waals surface area contributed by atoms with E-state index in [1.54, 1.807) is 13.3 Å². The minimum Gasteiger partial charge on any atom is -0.493 e. The van der Waals surface area contributed by atoms with E-state index in [1.807, 2.05) is 30.5 Å². The molecule has 0 saturated carbocycles. The van der Waals surface area contributed by atoms with Gasteiger partial charge in [0, 0.05) is 36.6 Å². The number of nitrogens with one attached hydrogen (secondary N) is 1. The van der Waals surface area contributed by atoms with Crippen molar-refractivity contribution in [1.29, 1.82) is 0 Å². The Hall–Kier alpha value is -2.56. The van der Waals surface area contributed by atoms with E-state index in [2.05, 4.69) is 41.5 Å². The molecule has 0 saturated heterocycles. The molecule has 3 aromatic rings. The van der Waals surface area contributed by atoms with Crippen LogP contribution < -0.4 is 14.8 Å². The molecule has 0 radical (unpaired) electrons. The Morgan fingerprint density at radius 3 is 2.52 bits per heavy atom. The molecule has 2 aromatic carbocycles. The standard InChI is InChI=1S/C22H23ClN2O2/c1-16-5-7-17(8-6-16)15-27-22-11-20(23)19(10-21(22)26-2)14-25-13-18-4-3-9-24-12-18/h3-12,25H,13-15H2,1-2H3. The number of pyridine rings is 1. The lowest BCUT2D eigenvalue weighted by atomic mass is 10.1. The van der Waals surface area contributed by atoms with E-state index in [0.717, 1.165) is 23.2 Å². The van der Waals surface area contributed by atoms with Crippen LogP contribution in [0.25, 0.3) is 0 Å². The Labute approximate surface area is 165 Å². The quantitative estimate of drug-likeness (QED) is 0.600.